The highest BCUT2D eigenvalue weighted by molar-refractivity contribution is 5.43. The highest BCUT2D eigenvalue weighted by atomic mass is 16.5. The van der Waals surface area contributed by atoms with Crippen LogP contribution in [0.5, 0.6) is 5.75 Å². The second-order valence-corrected chi connectivity index (χ2v) is 5.01. The van der Waals surface area contributed by atoms with Crippen molar-refractivity contribution in [1.29, 1.82) is 0 Å². The molecule has 0 aliphatic carbocycles. The Morgan fingerprint density at radius 1 is 1.16 bits per heavy atom. The summed E-state index contributed by atoms with van der Waals surface area (Å²) in [5.74, 6) is 0.945. The van der Waals surface area contributed by atoms with Gasteiger partial charge in [-0.25, -0.2) is 0 Å². The fraction of sp³-hybridized carbons (Fsp3) is 0.625. The molecule has 1 N–H and O–H groups in total. The minimum absolute atomic E-state index is 0.196. The highest BCUT2D eigenvalue weighted by Gasteiger charge is 2.23. The van der Waals surface area contributed by atoms with E-state index in [4.69, 9.17) is 9.47 Å². The van der Waals surface area contributed by atoms with Gasteiger partial charge in [-0.15, -0.1) is 0 Å². The van der Waals surface area contributed by atoms with Crippen molar-refractivity contribution in [3.8, 4) is 5.75 Å². The fourth-order valence-electron chi connectivity index (χ4n) is 2.61. The van der Waals surface area contributed by atoms with Gasteiger partial charge in [0.05, 0.1) is 19.3 Å². The predicted molar refractivity (Wildman–Crippen MR) is 80.0 cm³/mol. The third-order valence-corrected chi connectivity index (χ3v) is 3.68. The summed E-state index contributed by atoms with van der Waals surface area (Å²) >= 11 is 0. The van der Waals surface area contributed by atoms with E-state index in [9.17, 15) is 0 Å². The average Bonchev–Trinajstić information content (AvgIpc) is 2.41. The molecule has 0 heterocycles. The van der Waals surface area contributed by atoms with Gasteiger partial charge >= 0.3 is 0 Å². The average molecular weight is 265 g/mol. The molecule has 1 rings (SSSR count). The molecule has 19 heavy (non-hydrogen) atoms. The number of methoxy groups -OCH3 is 2. The Hall–Kier alpha value is -1.06. The molecule has 1 aromatic rings. The molecule has 0 aliphatic heterocycles. The van der Waals surface area contributed by atoms with Crippen LogP contribution in [0.4, 0.5) is 0 Å². The van der Waals surface area contributed by atoms with E-state index in [1.54, 1.807) is 14.2 Å². The molecule has 2 unspecified atom stereocenters. The van der Waals surface area contributed by atoms with Crippen molar-refractivity contribution in [2.45, 2.75) is 45.8 Å². The summed E-state index contributed by atoms with van der Waals surface area (Å²) < 4.78 is 11.0. The smallest absolute Gasteiger partial charge is 0.122 e. The lowest BCUT2D eigenvalue weighted by Gasteiger charge is -2.28. The van der Waals surface area contributed by atoms with E-state index in [1.165, 1.54) is 11.1 Å². The monoisotopic (exact) mass is 265 g/mol. The van der Waals surface area contributed by atoms with Gasteiger partial charge in [0.1, 0.15) is 5.75 Å². The lowest BCUT2D eigenvalue weighted by Crippen LogP contribution is -2.31. The number of aryl methyl sites for hydroxylation is 2. The number of rotatable bonds is 7. The van der Waals surface area contributed by atoms with E-state index in [-0.39, 0.29) is 12.1 Å². The molecule has 0 fully saturated rings. The first kappa shape index (κ1) is 16.0. The molecule has 108 valence electrons. The van der Waals surface area contributed by atoms with Gasteiger partial charge in [0.15, 0.2) is 0 Å². The molecular formula is C16H27NO2. The van der Waals surface area contributed by atoms with Crippen molar-refractivity contribution in [3.63, 3.8) is 0 Å². The van der Waals surface area contributed by atoms with Crippen molar-refractivity contribution in [3.05, 3.63) is 28.8 Å². The first-order chi connectivity index (χ1) is 9.08. The maximum Gasteiger partial charge on any atom is 0.122 e. The number of nitrogens with one attached hydrogen (secondary N) is 1. The van der Waals surface area contributed by atoms with Crippen LogP contribution in [-0.2, 0) is 4.74 Å². The van der Waals surface area contributed by atoms with E-state index in [2.05, 4.69) is 38.2 Å². The van der Waals surface area contributed by atoms with Crippen LogP contribution in [0.2, 0.25) is 0 Å². The lowest BCUT2D eigenvalue weighted by molar-refractivity contribution is 0.0628. The van der Waals surface area contributed by atoms with Crippen LogP contribution in [0.15, 0.2) is 12.1 Å². The molecule has 0 spiro atoms. The van der Waals surface area contributed by atoms with Crippen LogP contribution in [0, 0.1) is 13.8 Å². The van der Waals surface area contributed by atoms with Gasteiger partial charge in [0, 0.05) is 7.11 Å². The highest BCUT2D eigenvalue weighted by Crippen LogP contribution is 2.30. The molecule has 0 amide bonds. The summed E-state index contributed by atoms with van der Waals surface area (Å²) in [5, 5.41) is 3.39. The van der Waals surface area contributed by atoms with Crippen LogP contribution in [0.25, 0.3) is 0 Å². The van der Waals surface area contributed by atoms with Gasteiger partial charge in [-0.2, -0.15) is 0 Å². The molecule has 1 aromatic carbocycles. The third-order valence-electron chi connectivity index (χ3n) is 3.68. The quantitative estimate of drug-likeness (QED) is 0.819. The molecule has 3 nitrogen and oxygen atoms in total. The van der Waals surface area contributed by atoms with E-state index < -0.39 is 0 Å². The van der Waals surface area contributed by atoms with E-state index in [1.807, 2.05) is 7.05 Å². The lowest BCUT2D eigenvalue weighted by atomic mass is 9.93. The normalized spacial score (nSPS) is 14.2. The third kappa shape index (κ3) is 3.71. The largest absolute Gasteiger partial charge is 0.496 e. The Bertz CT molecular complexity index is 404. The molecule has 0 saturated heterocycles. The van der Waals surface area contributed by atoms with Gasteiger partial charge < -0.3 is 14.8 Å². The van der Waals surface area contributed by atoms with Gasteiger partial charge in [-0.1, -0.05) is 19.4 Å². The Labute approximate surface area is 117 Å². The minimum Gasteiger partial charge on any atom is -0.496 e. The molecule has 0 radical (unpaired) electrons. The second-order valence-electron chi connectivity index (χ2n) is 5.01. The van der Waals surface area contributed by atoms with Crippen LogP contribution in [-0.4, -0.2) is 27.4 Å². The molecule has 0 bridgehead atoms. The number of likely N-dealkylation sites (N-methyl/N-ethyl adjacent to an activating group) is 1. The Balaban J connectivity index is 3.13. The number of hydrogen-bond acceptors (Lipinski definition) is 3. The Morgan fingerprint density at radius 3 is 2.32 bits per heavy atom. The summed E-state index contributed by atoms with van der Waals surface area (Å²) in [7, 11) is 5.49. The van der Waals surface area contributed by atoms with Crippen molar-refractivity contribution < 1.29 is 9.47 Å². The fourth-order valence-corrected chi connectivity index (χ4v) is 2.61. The van der Waals surface area contributed by atoms with Crippen molar-refractivity contribution in [2.75, 3.05) is 21.3 Å². The van der Waals surface area contributed by atoms with Crippen molar-refractivity contribution >= 4 is 0 Å². The zero-order valence-corrected chi connectivity index (χ0v) is 13.0. The number of ether oxygens (including phenoxy) is 2. The SMILES string of the molecule is CCCC(OC)C(NC)c1cc(C)c(OC)cc1C. The summed E-state index contributed by atoms with van der Waals surface area (Å²) in [5.41, 5.74) is 3.69. The van der Waals surface area contributed by atoms with Gasteiger partial charge in [0.2, 0.25) is 0 Å². The second kappa shape index (κ2) is 7.51. The summed E-state index contributed by atoms with van der Waals surface area (Å²) in [6, 6.07) is 4.53. The zero-order chi connectivity index (χ0) is 14.4. The molecular weight excluding hydrogens is 238 g/mol. The van der Waals surface area contributed by atoms with E-state index in [0.717, 1.165) is 24.2 Å². The van der Waals surface area contributed by atoms with Crippen LogP contribution < -0.4 is 10.1 Å². The van der Waals surface area contributed by atoms with E-state index >= 15 is 0 Å². The molecule has 2 atom stereocenters. The van der Waals surface area contributed by atoms with E-state index in [0.29, 0.717) is 0 Å². The molecule has 3 heteroatoms. The Kier molecular flexibility index (Phi) is 6.32. The topological polar surface area (TPSA) is 30.5 Å². The maximum absolute atomic E-state index is 5.66. The van der Waals surface area contributed by atoms with Crippen molar-refractivity contribution in [2.24, 2.45) is 0 Å². The van der Waals surface area contributed by atoms with Gasteiger partial charge in [0.25, 0.3) is 0 Å². The molecule has 0 saturated carbocycles. The van der Waals surface area contributed by atoms with Crippen molar-refractivity contribution in [1.82, 2.24) is 5.32 Å². The first-order valence-electron chi connectivity index (χ1n) is 6.94. The summed E-state index contributed by atoms with van der Waals surface area (Å²) in [6.07, 6.45) is 2.36. The standard InChI is InChI=1S/C16H27NO2/c1-7-8-14(18-5)16(17-4)13-9-12(3)15(19-6)10-11(13)2/h9-10,14,16-17H,7-8H2,1-6H3. The predicted octanol–water partition coefficient (Wildman–Crippen LogP) is 3.39. The number of benzene rings is 1. The van der Waals surface area contributed by atoms with Crippen LogP contribution in [0.3, 0.4) is 0 Å². The minimum atomic E-state index is 0.196. The zero-order valence-electron chi connectivity index (χ0n) is 13.0. The molecule has 0 aromatic heterocycles. The maximum atomic E-state index is 5.66. The first-order valence-corrected chi connectivity index (χ1v) is 6.94. The van der Waals surface area contributed by atoms with Gasteiger partial charge in [-0.3, -0.25) is 0 Å². The van der Waals surface area contributed by atoms with Crippen LogP contribution in [0.1, 0.15) is 42.5 Å². The number of hydrogen-bond donors (Lipinski definition) is 1. The summed E-state index contributed by atoms with van der Waals surface area (Å²) in [6.45, 7) is 6.39. The summed E-state index contributed by atoms with van der Waals surface area (Å²) in [4.78, 5) is 0. The molecule has 0 aliphatic rings. The Morgan fingerprint density at radius 2 is 1.84 bits per heavy atom. The van der Waals surface area contributed by atoms with Gasteiger partial charge in [-0.05, 0) is 50.1 Å². The van der Waals surface area contributed by atoms with Crippen LogP contribution >= 0.6 is 0 Å².